The van der Waals surface area contributed by atoms with Crippen molar-refractivity contribution >= 4 is 40.1 Å². The third kappa shape index (κ3) is 3.08. The molecule has 9 heteroatoms. The minimum Gasteiger partial charge on any atom is -0.464 e. The number of carbonyl (C=O) groups is 1. The average molecular weight is 404 g/mol. The van der Waals surface area contributed by atoms with Gasteiger partial charge in [-0.1, -0.05) is 29.3 Å². The highest BCUT2D eigenvalue weighted by atomic mass is 35.5. The Bertz CT molecular complexity index is 1030. The fourth-order valence-corrected chi connectivity index (χ4v) is 3.17. The lowest BCUT2D eigenvalue weighted by Crippen LogP contribution is -2.08. The van der Waals surface area contributed by atoms with Crippen LogP contribution in [0.25, 0.3) is 22.0 Å². The van der Waals surface area contributed by atoms with Crippen LogP contribution in [0.15, 0.2) is 36.4 Å². The molecule has 0 spiro atoms. The number of aromatic nitrogens is 1. The number of rotatable bonds is 2. The summed E-state index contributed by atoms with van der Waals surface area (Å²) in [7, 11) is 1.06. The molecule has 136 valence electrons. The van der Waals surface area contributed by atoms with Gasteiger partial charge < -0.3 is 9.94 Å². The molecule has 0 aliphatic carbocycles. The van der Waals surface area contributed by atoms with E-state index in [-0.39, 0.29) is 21.5 Å². The molecule has 1 N–H and O–H groups in total. The molecule has 0 atom stereocenters. The highest BCUT2D eigenvalue weighted by molar-refractivity contribution is 6.36. The summed E-state index contributed by atoms with van der Waals surface area (Å²) in [6.45, 7) is 0. The summed E-state index contributed by atoms with van der Waals surface area (Å²) in [6.07, 6.45) is -4.72. The molecule has 0 amide bonds. The number of halogens is 5. The van der Waals surface area contributed by atoms with Gasteiger partial charge in [-0.15, -0.1) is 0 Å². The van der Waals surface area contributed by atoms with E-state index in [0.717, 1.165) is 19.2 Å². The summed E-state index contributed by atoms with van der Waals surface area (Å²) in [6, 6.07) is 7.48. The summed E-state index contributed by atoms with van der Waals surface area (Å²) in [5, 5.41) is 10.3. The number of benzene rings is 2. The first-order valence-electron chi connectivity index (χ1n) is 7.13. The number of hydrogen-bond donors (Lipinski definition) is 1. The SMILES string of the molecule is COC(=O)c1cc2c(C(F)(F)F)cc(-c3ccc(Cl)cc3Cl)cc2n1O. The van der Waals surface area contributed by atoms with E-state index < -0.39 is 23.4 Å². The van der Waals surface area contributed by atoms with Gasteiger partial charge in [-0.3, -0.25) is 0 Å². The normalized spacial score (nSPS) is 11.8. The fraction of sp³-hybridized carbons (Fsp3) is 0.118. The van der Waals surface area contributed by atoms with E-state index in [0.29, 0.717) is 15.3 Å². The maximum Gasteiger partial charge on any atom is 0.417 e. The molecule has 1 aromatic heterocycles. The predicted octanol–water partition coefficient (Wildman–Crippen LogP) is 5.66. The Hall–Kier alpha value is -2.38. The van der Waals surface area contributed by atoms with E-state index in [4.69, 9.17) is 23.2 Å². The van der Waals surface area contributed by atoms with Crippen molar-refractivity contribution in [2.24, 2.45) is 0 Å². The van der Waals surface area contributed by atoms with E-state index in [9.17, 15) is 23.2 Å². The third-order valence-corrected chi connectivity index (χ3v) is 4.39. The first-order chi connectivity index (χ1) is 12.1. The molecule has 2 aromatic carbocycles. The second-order valence-corrected chi connectivity index (χ2v) is 6.26. The second kappa shape index (κ2) is 6.41. The number of fused-ring (bicyclic) bond motifs is 1. The summed E-state index contributed by atoms with van der Waals surface area (Å²) in [5.74, 6) is -0.970. The van der Waals surface area contributed by atoms with Crippen LogP contribution in [-0.2, 0) is 10.9 Å². The van der Waals surface area contributed by atoms with Crippen molar-refractivity contribution in [3.63, 3.8) is 0 Å². The van der Waals surface area contributed by atoms with E-state index in [1.54, 1.807) is 0 Å². The lowest BCUT2D eigenvalue weighted by Gasteiger charge is -2.12. The number of hydrogen-bond acceptors (Lipinski definition) is 3. The Morgan fingerprint density at radius 2 is 1.85 bits per heavy atom. The molecule has 0 fully saturated rings. The fourth-order valence-electron chi connectivity index (χ4n) is 2.66. The van der Waals surface area contributed by atoms with Crippen molar-refractivity contribution in [1.29, 1.82) is 0 Å². The summed E-state index contributed by atoms with van der Waals surface area (Å²) < 4.78 is 45.5. The highest BCUT2D eigenvalue weighted by Crippen LogP contribution is 2.40. The molecule has 0 saturated carbocycles. The van der Waals surface area contributed by atoms with Gasteiger partial charge in [-0.05, 0) is 35.9 Å². The topological polar surface area (TPSA) is 51.5 Å². The van der Waals surface area contributed by atoms with Gasteiger partial charge in [0.25, 0.3) is 0 Å². The number of esters is 1. The largest absolute Gasteiger partial charge is 0.464 e. The van der Waals surface area contributed by atoms with Crippen LogP contribution in [0.4, 0.5) is 13.2 Å². The molecule has 0 unspecified atom stereocenters. The smallest absolute Gasteiger partial charge is 0.417 e. The van der Waals surface area contributed by atoms with Gasteiger partial charge in [-0.2, -0.15) is 17.9 Å². The van der Waals surface area contributed by atoms with Gasteiger partial charge in [0, 0.05) is 21.0 Å². The molecule has 0 saturated heterocycles. The van der Waals surface area contributed by atoms with Crippen LogP contribution in [0.3, 0.4) is 0 Å². The first kappa shape index (κ1) is 18.4. The number of ether oxygens (including phenoxy) is 1. The molecule has 3 aromatic rings. The van der Waals surface area contributed by atoms with Gasteiger partial charge in [0.1, 0.15) is 0 Å². The molecule has 0 aliphatic rings. The number of alkyl halides is 3. The quantitative estimate of drug-likeness (QED) is 0.443. The lowest BCUT2D eigenvalue weighted by molar-refractivity contribution is -0.136. The number of methoxy groups -OCH3 is 1. The Kier molecular flexibility index (Phi) is 4.54. The molecular weight excluding hydrogens is 394 g/mol. The van der Waals surface area contributed by atoms with Crippen molar-refractivity contribution in [2.45, 2.75) is 6.18 Å². The van der Waals surface area contributed by atoms with Crippen LogP contribution < -0.4 is 0 Å². The second-order valence-electron chi connectivity index (χ2n) is 5.41. The third-order valence-electron chi connectivity index (χ3n) is 3.84. The monoisotopic (exact) mass is 403 g/mol. The maximum absolute atomic E-state index is 13.5. The highest BCUT2D eigenvalue weighted by Gasteiger charge is 2.35. The van der Waals surface area contributed by atoms with Crippen molar-refractivity contribution in [3.05, 3.63) is 57.7 Å². The molecule has 0 bridgehead atoms. The van der Waals surface area contributed by atoms with Crippen LogP contribution in [0.5, 0.6) is 0 Å². The van der Waals surface area contributed by atoms with Crippen molar-refractivity contribution in [1.82, 2.24) is 4.73 Å². The zero-order valence-electron chi connectivity index (χ0n) is 13.1. The Morgan fingerprint density at radius 3 is 2.42 bits per heavy atom. The zero-order chi connectivity index (χ0) is 19.2. The van der Waals surface area contributed by atoms with Crippen LogP contribution >= 0.6 is 23.2 Å². The molecule has 0 aliphatic heterocycles. The van der Waals surface area contributed by atoms with Gasteiger partial charge in [0.2, 0.25) is 0 Å². The molecule has 3 rings (SSSR count). The molecule has 0 radical (unpaired) electrons. The van der Waals surface area contributed by atoms with E-state index in [1.807, 2.05) is 0 Å². The Labute approximate surface area is 155 Å². The van der Waals surface area contributed by atoms with E-state index >= 15 is 0 Å². The molecule has 1 heterocycles. The first-order valence-corrected chi connectivity index (χ1v) is 7.88. The number of carbonyl (C=O) groups excluding carboxylic acids is 1. The van der Waals surface area contributed by atoms with Crippen molar-refractivity contribution < 1.29 is 27.9 Å². The van der Waals surface area contributed by atoms with Gasteiger partial charge >= 0.3 is 12.1 Å². The molecule has 26 heavy (non-hydrogen) atoms. The van der Waals surface area contributed by atoms with Crippen molar-refractivity contribution in [2.75, 3.05) is 7.11 Å². The summed E-state index contributed by atoms with van der Waals surface area (Å²) >= 11 is 11.9. The molecule has 4 nitrogen and oxygen atoms in total. The Balaban J connectivity index is 2.36. The maximum atomic E-state index is 13.5. The molecular formula is C17H10Cl2F3NO3. The minimum absolute atomic E-state index is 0.108. The van der Waals surface area contributed by atoms with E-state index in [2.05, 4.69) is 4.74 Å². The summed E-state index contributed by atoms with van der Waals surface area (Å²) in [4.78, 5) is 11.7. The van der Waals surface area contributed by atoms with Crippen LogP contribution in [0.1, 0.15) is 16.1 Å². The standard InChI is InChI=1S/C17H10Cl2F3NO3/c1-26-16(24)15-7-11-12(17(20,21)22)4-8(5-14(11)23(15)25)10-3-2-9(18)6-13(10)19/h2-7,25H,1H3. The van der Waals surface area contributed by atoms with Gasteiger partial charge in [0.15, 0.2) is 5.69 Å². The van der Waals surface area contributed by atoms with Crippen LogP contribution in [-0.4, -0.2) is 23.0 Å². The van der Waals surface area contributed by atoms with E-state index in [1.165, 1.54) is 24.3 Å². The van der Waals surface area contributed by atoms with Crippen LogP contribution in [0, 0.1) is 0 Å². The van der Waals surface area contributed by atoms with Gasteiger partial charge in [0.05, 0.1) is 18.2 Å². The van der Waals surface area contributed by atoms with Crippen LogP contribution in [0.2, 0.25) is 10.0 Å². The van der Waals surface area contributed by atoms with Crippen molar-refractivity contribution in [3.8, 4) is 11.1 Å². The predicted molar refractivity (Wildman–Crippen MR) is 90.9 cm³/mol. The summed E-state index contributed by atoms with van der Waals surface area (Å²) in [5.41, 5.74) is -1.25. The minimum atomic E-state index is -4.72. The zero-order valence-corrected chi connectivity index (χ0v) is 14.6. The lowest BCUT2D eigenvalue weighted by atomic mass is 9.99. The van der Waals surface area contributed by atoms with Gasteiger partial charge in [-0.25, -0.2) is 4.79 Å². The Morgan fingerprint density at radius 1 is 1.15 bits per heavy atom. The number of nitrogens with zero attached hydrogens (tertiary/aromatic N) is 1. The average Bonchev–Trinajstić information content (AvgIpc) is 2.89.